The quantitative estimate of drug-likeness (QED) is 0.728. The summed E-state index contributed by atoms with van der Waals surface area (Å²) in [5.41, 5.74) is 3.78. The van der Waals surface area contributed by atoms with Gasteiger partial charge in [-0.15, -0.1) is 0 Å². The molecule has 0 amide bonds. The van der Waals surface area contributed by atoms with E-state index >= 15 is 0 Å². The number of fused-ring (bicyclic) bond motifs is 1. The second-order valence-corrected chi connectivity index (χ2v) is 6.02. The molecular formula is C21H18O3. The van der Waals surface area contributed by atoms with Crippen molar-refractivity contribution in [2.45, 2.75) is 20.3 Å². The summed E-state index contributed by atoms with van der Waals surface area (Å²) in [6.45, 7) is 3.72. The number of aryl methyl sites for hydroxylation is 1. The van der Waals surface area contributed by atoms with Crippen LogP contribution in [0.25, 0.3) is 11.0 Å². The molecule has 0 spiro atoms. The second kappa shape index (κ2) is 6.64. The Morgan fingerprint density at radius 2 is 1.75 bits per heavy atom. The van der Waals surface area contributed by atoms with Crippen LogP contribution in [0.4, 0.5) is 0 Å². The van der Waals surface area contributed by atoms with Crippen LogP contribution in [-0.2, 0) is 11.2 Å². The van der Waals surface area contributed by atoms with E-state index in [-0.39, 0.29) is 0 Å². The van der Waals surface area contributed by atoms with Crippen molar-refractivity contribution in [1.82, 2.24) is 0 Å². The predicted octanol–water partition coefficient (Wildman–Crippen LogP) is 4.40. The highest BCUT2D eigenvalue weighted by atomic mass is 16.4. The first-order chi connectivity index (χ1) is 11.5. The van der Waals surface area contributed by atoms with E-state index in [1.165, 1.54) is 5.56 Å². The molecule has 1 unspecified atom stereocenters. The minimum Gasteiger partial charge on any atom is -0.481 e. The number of carboxylic acids is 1. The standard InChI is InChI=1S/C21H18O3/c1-14-3-5-16(6-4-14)7-8-17-9-10-18-13-19(24-20(18)12-17)11-15(2)21(22)23/h3-6,9-10,12-13,15H,11H2,1-2H3,(H,22,23). The zero-order valence-electron chi connectivity index (χ0n) is 13.7. The van der Waals surface area contributed by atoms with Gasteiger partial charge in [0.05, 0.1) is 5.92 Å². The summed E-state index contributed by atoms with van der Waals surface area (Å²) >= 11 is 0. The molecule has 0 saturated carbocycles. The third-order valence-electron chi connectivity index (χ3n) is 3.90. The highest BCUT2D eigenvalue weighted by molar-refractivity contribution is 5.80. The Labute approximate surface area is 140 Å². The van der Waals surface area contributed by atoms with E-state index in [0.717, 1.165) is 22.1 Å². The van der Waals surface area contributed by atoms with Gasteiger partial charge in [0.2, 0.25) is 0 Å². The highest BCUT2D eigenvalue weighted by Gasteiger charge is 2.14. The van der Waals surface area contributed by atoms with Gasteiger partial charge in [0, 0.05) is 22.9 Å². The fraction of sp³-hybridized carbons (Fsp3) is 0.190. The number of carboxylic acid groups (broad SMARTS) is 1. The van der Waals surface area contributed by atoms with E-state index in [0.29, 0.717) is 12.2 Å². The first kappa shape index (κ1) is 15.9. The summed E-state index contributed by atoms with van der Waals surface area (Å²) in [5, 5.41) is 9.96. The molecule has 1 aromatic heterocycles. The van der Waals surface area contributed by atoms with Crippen LogP contribution in [-0.4, -0.2) is 11.1 Å². The molecule has 3 nitrogen and oxygen atoms in total. The van der Waals surface area contributed by atoms with Crippen LogP contribution in [0.2, 0.25) is 0 Å². The Morgan fingerprint density at radius 3 is 2.46 bits per heavy atom. The molecule has 1 heterocycles. The molecule has 3 rings (SSSR count). The Morgan fingerprint density at radius 1 is 1.08 bits per heavy atom. The molecule has 0 aliphatic rings. The molecule has 0 aliphatic heterocycles. The lowest BCUT2D eigenvalue weighted by atomic mass is 10.1. The SMILES string of the molecule is Cc1ccc(C#Cc2ccc3cc(CC(C)C(=O)O)oc3c2)cc1. The first-order valence-corrected chi connectivity index (χ1v) is 7.85. The van der Waals surface area contributed by atoms with Crippen molar-refractivity contribution in [2.75, 3.05) is 0 Å². The second-order valence-electron chi connectivity index (χ2n) is 6.02. The van der Waals surface area contributed by atoms with E-state index in [1.807, 2.05) is 55.5 Å². The molecule has 3 heteroatoms. The number of hydrogen-bond donors (Lipinski definition) is 1. The minimum absolute atomic E-state index is 0.383. The molecule has 3 aromatic rings. The molecule has 0 aliphatic carbocycles. The van der Waals surface area contributed by atoms with Crippen LogP contribution in [0.15, 0.2) is 52.9 Å². The van der Waals surface area contributed by atoms with Gasteiger partial charge in [-0.3, -0.25) is 4.79 Å². The molecule has 120 valence electrons. The van der Waals surface area contributed by atoms with E-state index < -0.39 is 11.9 Å². The van der Waals surface area contributed by atoms with Crippen molar-refractivity contribution in [1.29, 1.82) is 0 Å². The van der Waals surface area contributed by atoms with E-state index in [1.54, 1.807) is 6.92 Å². The van der Waals surface area contributed by atoms with Crippen LogP contribution in [0.5, 0.6) is 0 Å². The molecule has 0 bridgehead atoms. The van der Waals surface area contributed by atoms with Crippen molar-refractivity contribution in [3.05, 3.63) is 71.0 Å². The minimum atomic E-state index is -0.819. The maximum absolute atomic E-state index is 11.0. The van der Waals surface area contributed by atoms with Gasteiger partial charge in [0.15, 0.2) is 0 Å². The number of benzene rings is 2. The van der Waals surface area contributed by atoms with Gasteiger partial charge in [0.25, 0.3) is 0 Å². The molecule has 0 saturated heterocycles. The summed E-state index contributed by atoms with van der Waals surface area (Å²) in [5.74, 6) is 5.67. The van der Waals surface area contributed by atoms with Gasteiger partial charge in [-0.05, 0) is 43.3 Å². The lowest BCUT2D eigenvalue weighted by Crippen LogP contribution is -2.11. The lowest BCUT2D eigenvalue weighted by molar-refractivity contribution is -0.141. The van der Waals surface area contributed by atoms with Crippen LogP contribution < -0.4 is 0 Å². The Kier molecular flexibility index (Phi) is 4.39. The number of hydrogen-bond acceptors (Lipinski definition) is 2. The van der Waals surface area contributed by atoms with Crippen LogP contribution in [0, 0.1) is 24.7 Å². The smallest absolute Gasteiger partial charge is 0.306 e. The summed E-state index contributed by atoms with van der Waals surface area (Å²) in [6.07, 6.45) is 0.383. The van der Waals surface area contributed by atoms with E-state index in [9.17, 15) is 4.79 Å². The third-order valence-corrected chi connectivity index (χ3v) is 3.90. The van der Waals surface area contributed by atoms with Crippen molar-refractivity contribution in [3.8, 4) is 11.8 Å². The summed E-state index contributed by atoms with van der Waals surface area (Å²) in [7, 11) is 0. The van der Waals surface area contributed by atoms with E-state index in [2.05, 4.69) is 11.8 Å². The predicted molar refractivity (Wildman–Crippen MR) is 93.9 cm³/mol. The Hall–Kier alpha value is -2.99. The van der Waals surface area contributed by atoms with Crippen molar-refractivity contribution >= 4 is 16.9 Å². The molecule has 0 radical (unpaired) electrons. The maximum Gasteiger partial charge on any atom is 0.306 e. The van der Waals surface area contributed by atoms with Crippen LogP contribution >= 0.6 is 0 Å². The molecular weight excluding hydrogens is 300 g/mol. The van der Waals surface area contributed by atoms with Gasteiger partial charge in [-0.2, -0.15) is 0 Å². The monoisotopic (exact) mass is 318 g/mol. The molecule has 1 atom stereocenters. The fourth-order valence-corrected chi connectivity index (χ4v) is 2.43. The molecule has 0 fully saturated rings. The van der Waals surface area contributed by atoms with Crippen molar-refractivity contribution < 1.29 is 14.3 Å². The molecule has 1 N–H and O–H groups in total. The van der Waals surface area contributed by atoms with Gasteiger partial charge >= 0.3 is 5.97 Å². The average molecular weight is 318 g/mol. The third kappa shape index (κ3) is 3.67. The zero-order chi connectivity index (χ0) is 17.1. The summed E-state index contributed by atoms with van der Waals surface area (Å²) < 4.78 is 5.77. The number of carbonyl (C=O) groups is 1. The van der Waals surface area contributed by atoms with Crippen molar-refractivity contribution in [3.63, 3.8) is 0 Å². The number of furan rings is 1. The largest absolute Gasteiger partial charge is 0.481 e. The topological polar surface area (TPSA) is 50.4 Å². The number of rotatable bonds is 3. The Balaban J connectivity index is 1.84. The average Bonchev–Trinajstić information content (AvgIpc) is 2.95. The molecule has 24 heavy (non-hydrogen) atoms. The van der Waals surface area contributed by atoms with Crippen LogP contribution in [0.3, 0.4) is 0 Å². The van der Waals surface area contributed by atoms with Crippen LogP contribution in [0.1, 0.15) is 29.4 Å². The lowest BCUT2D eigenvalue weighted by Gasteiger charge is -2.01. The van der Waals surface area contributed by atoms with Gasteiger partial charge < -0.3 is 9.52 Å². The summed E-state index contributed by atoms with van der Waals surface area (Å²) in [4.78, 5) is 11.0. The number of aliphatic carboxylic acids is 1. The highest BCUT2D eigenvalue weighted by Crippen LogP contribution is 2.22. The first-order valence-electron chi connectivity index (χ1n) is 7.85. The van der Waals surface area contributed by atoms with Gasteiger partial charge in [0.1, 0.15) is 11.3 Å². The van der Waals surface area contributed by atoms with Crippen molar-refractivity contribution in [2.24, 2.45) is 5.92 Å². The summed E-state index contributed by atoms with van der Waals surface area (Å²) in [6, 6.07) is 15.8. The zero-order valence-corrected chi connectivity index (χ0v) is 13.7. The van der Waals surface area contributed by atoms with Gasteiger partial charge in [-0.25, -0.2) is 0 Å². The fourth-order valence-electron chi connectivity index (χ4n) is 2.43. The normalized spacial score (nSPS) is 11.8. The Bertz CT molecular complexity index is 937. The van der Waals surface area contributed by atoms with Gasteiger partial charge in [-0.1, -0.05) is 36.5 Å². The maximum atomic E-state index is 11.0. The van der Waals surface area contributed by atoms with E-state index in [4.69, 9.17) is 9.52 Å². The molecule has 2 aromatic carbocycles.